The van der Waals surface area contributed by atoms with Gasteiger partial charge in [0, 0.05) is 12.4 Å². The molecule has 1 heterocycles. The lowest BCUT2D eigenvalue weighted by molar-refractivity contribution is 0.112. The monoisotopic (exact) mass is 217 g/mol. The molecular formula is C12H11NO3. The van der Waals surface area contributed by atoms with Crippen LogP contribution in [0.25, 0.3) is 10.9 Å². The first-order valence-electron chi connectivity index (χ1n) is 4.80. The van der Waals surface area contributed by atoms with Gasteiger partial charge in [0.25, 0.3) is 5.56 Å². The molecule has 0 spiro atoms. The highest BCUT2D eigenvalue weighted by Gasteiger charge is 2.06. The number of nitrogens with zero attached hydrogens (tertiary/aromatic N) is 1. The molecule has 2 rings (SSSR count). The van der Waals surface area contributed by atoms with Crippen LogP contribution in [0.3, 0.4) is 0 Å². The van der Waals surface area contributed by atoms with Crippen LogP contribution in [-0.4, -0.2) is 18.0 Å². The minimum atomic E-state index is -0.285. The van der Waals surface area contributed by atoms with Crippen LogP contribution in [0.1, 0.15) is 10.4 Å². The van der Waals surface area contributed by atoms with Crippen molar-refractivity contribution in [2.75, 3.05) is 7.11 Å². The Balaban J connectivity index is 2.87. The first-order valence-corrected chi connectivity index (χ1v) is 4.80. The van der Waals surface area contributed by atoms with Gasteiger partial charge in [0.05, 0.1) is 18.2 Å². The molecule has 0 aliphatic rings. The third-order valence-corrected chi connectivity index (χ3v) is 2.59. The number of ether oxygens (including phenoxy) is 1. The van der Waals surface area contributed by atoms with Gasteiger partial charge in [-0.2, -0.15) is 0 Å². The molecule has 4 nitrogen and oxygen atoms in total. The van der Waals surface area contributed by atoms with Crippen molar-refractivity contribution < 1.29 is 9.53 Å². The molecule has 0 unspecified atom stereocenters. The van der Waals surface area contributed by atoms with Crippen molar-refractivity contribution in [3.8, 4) is 5.75 Å². The van der Waals surface area contributed by atoms with Crippen LogP contribution in [-0.2, 0) is 7.05 Å². The van der Waals surface area contributed by atoms with E-state index in [0.717, 1.165) is 10.9 Å². The van der Waals surface area contributed by atoms with E-state index in [2.05, 4.69) is 0 Å². The first kappa shape index (κ1) is 10.4. The molecule has 0 fully saturated rings. The number of pyridine rings is 1. The summed E-state index contributed by atoms with van der Waals surface area (Å²) in [6.45, 7) is 0. The quantitative estimate of drug-likeness (QED) is 0.713. The van der Waals surface area contributed by atoms with Crippen LogP contribution >= 0.6 is 0 Å². The molecule has 0 N–H and O–H groups in total. The maximum Gasteiger partial charge on any atom is 0.261 e. The van der Waals surface area contributed by atoms with E-state index in [1.54, 1.807) is 38.4 Å². The number of carbonyl (C=O) groups is 1. The molecule has 82 valence electrons. The summed E-state index contributed by atoms with van der Waals surface area (Å²) in [5.74, 6) is 0.697. The van der Waals surface area contributed by atoms with E-state index in [9.17, 15) is 9.59 Å². The van der Waals surface area contributed by atoms with Crippen LogP contribution in [0.5, 0.6) is 5.75 Å². The Labute approximate surface area is 92.1 Å². The Morgan fingerprint density at radius 3 is 2.69 bits per heavy atom. The van der Waals surface area contributed by atoms with E-state index < -0.39 is 0 Å². The van der Waals surface area contributed by atoms with Gasteiger partial charge in [-0.15, -0.1) is 0 Å². The van der Waals surface area contributed by atoms with E-state index in [0.29, 0.717) is 12.0 Å². The number of hydrogen-bond donors (Lipinski definition) is 0. The average Bonchev–Trinajstić information content (AvgIpc) is 2.33. The smallest absolute Gasteiger partial charge is 0.261 e. The normalized spacial score (nSPS) is 10.4. The van der Waals surface area contributed by atoms with E-state index in [-0.39, 0.29) is 11.1 Å². The molecule has 0 aliphatic heterocycles. The number of methoxy groups -OCH3 is 1. The highest BCUT2D eigenvalue weighted by molar-refractivity contribution is 5.87. The standard InChI is InChI=1S/C12H11NO3/c1-13-11-4-3-10(16-2)6-8(11)5-9(7-14)12(13)15/h3-7H,1-2H3. The Hall–Kier alpha value is -2.10. The summed E-state index contributed by atoms with van der Waals surface area (Å²) in [6, 6.07) is 6.95. The molecule has 0 saturated heterocycles. The number of aldehydes is 1. The molecule has 0 saturated carbocycles. The molecule has 0 amide bonds. The fourth-order valence-corrected chi connectivity index (χ4v) is 1.70. The highest BCUT2D eigenvalue weighted by atomic mass is 16.5. The number of carbonyl (C=O) groups excluding carboxylic acids is 1. The molecule has 16 heavy (non-hydrogen) atoms. The fourth-order valence-electron chi connectivity index (χ4n) is 1.70. The molecule has 0 atom stereocenters. The van der Waals surface area contributed by atoms with Crippen molar-refractivity contribution in [1.29, 1.82) is 0 Å². The van der Waals surface area contributed by atoms with Crippen LogP contribution in [0.2, 0.25) is 0 Å². The van der Waals surface area contributed by atoms with Crippen LogP contribution < -0.4 is 10.3 Å². The number of fused-ring (bicyclic) bond motifs is 1. The molecule has 1 aromatic heterocycles. The van der Waals surface area contributed by atoms with Gasteiger partial charge >= 0.3 is 0 Å². The number of hydrogen-bond acceptors (Lipinski definition) is 3. The van der Waals surface area contributed by atoms with Gasteiger partial charge < -0.3 is 9.30 Å². The second-order valence-corrected chi connectivity index (χ2v) is 3.51. The van der Waals surface area contributed by atoms with E-state index in [4.69, 9.17) is 4.74 Å². The third-order valence-electron chi connectivity index (χ3n) is 2.59. The maximum atomic E-state index is 11.7. The number of aromatic nitrogens is 1. The van der Waals surface area contributed by atoms with E-state index in [1.807, 2.05) is 0 Å². The molecule has 0 bridgehead atoms. The van der Waals surface area contributed by atoms with Crippen molar-refractivity contribution in [3.63, 3.8) is 0 Å². The van der Waals surface area contributed by atoms with Gasteiger partial charge in [0.1, 0.15) is 5.75 Å². The summed E-state index contributed by atoms with van der Waals surface area (Å²) in [5.41, 5.74) is 0.646. The molecule has 2 aromatic rings. The van der Waals surface area contributed by atoms with Crippen molar-refractivity contribution in [3.05, 3.63) is 40.2 Å². The van der Waals surface area contributed by atoms with E-state index >= 15 is 0 Å². The summed E-state index contributed by atoms with van der Waals surface area (Å²) in [7, 11) is 3.22. The first-order chi connectivity index (χ1) is 7.67. The topological polar surface area (TPSA) is 48.3 Å². The Morgan fingerprint density at radius 2 is 2.06 bits per heavy atom. The zero-order chi connectivity index (χ0) is 11.7. The molecule has 0 radical (unpaired) electrons. The van der Waals surface area contributed by atoms with Crippen molar-refractivity contribution in [2.45, 2.75) is 0 Å². The molecular weight excluding hydrogens is 206 g/mol. The van der Waals surface area contributed by atoms with Gasteiger partial charge in [0.2, 0.25) is 0 Å². The average molecular weight is 217 g/mol. The van der Waals surface area contributed by atoms with Crippen molar-refractivity contribution in [1.82, 2.24) is 4.57 Å². The van der Waals surface area contributed by atoms with Gasteiger partial charge in [0.15, 0.2) is 6.29 Å². The third kappa shape index (κ3) is 1.48. The Kier molecular flexibility index (Phi) is 2.48. The van der Waals surface area contributed by atoms with E-state index in [1.165, 1.54) is 4.57 Å². The van der Waals surface area contributed by atoms with Gasteiger partial charge in [-0.3, -0.25) is 9.59 Å². The fraction of sp³-hybridized carbons (Fsp3) is 0.167. The summed E-state index contributed by atoms with van der Waals surface area (Å²) >= 11 is 0. The Bertz CT molecular complexity index is 613. The second kappa shape index (κ2) is 3.81. The summed E-state index contributed by atoms with van der Waals surface area (Å²) in [6.07, 6.45) is 0.571. The van der Waals surface area contributed by atoms with Crippen molar-refractivity contribution in [2.24, 2.45) is 7.05 Å². The number of rotatable bonds is 2. The molecule has 1 aromatic carbocycles. The SMILES string of the molecule is COc1ccc2c(c1)cc(C=O)c(=O)n2C. The zero-order valence-corrected chi connectivity index (χ0v) is 9.06. The lowest BCUT2D eigenvalue weighted by Crippen LogP contribution is -2.20. The number of aryl methyl sites for hydroxylation is 1. The predicted octanol–water partition coefficient (Wildman–Crippen LogP) is 1.36. The predicted molar refractivity (Wildman–Crippen MR) is 61.1 cm³/mol. The zero-order valence-electron chi connectivity index (χ0n) is 9.06. The summed E-state index contributed by atoms with van der Waals surface area (Å²) < 4.78 is 6.55. The van der Waals surface area contributed by atoms with Crippen LogP contribution in [0.15, 0.2) is 29.1 Å². The molecule has 4 heteroatoms. The van der Waals surface area contributed by atoms with Crippen LogP contribution in [0.4, 0.5) is 0 Å². The lowest BCUT2D eigenvalue weighted by Gasteiger charge is -2.07. The second-order valence-electron chi connectivity index (χ2n) is 3.51. The van der Waals surface area contributed by atoms with Gasteiger partial charge in [-0.25, -0.2) is 0 Å². The maximum absolute atomic E-state index is 11.7. The summed E-state index contributed by atoms with van der Waals surface area (Å²) in [4.78, 5) is 22.4. The minimum Gasteiger partial charge on any atom is -0.497 e. The number of benzene rings is 1. The van der Waals surface area contributed by atoms with Gasteiger partial charge in [-0.05, 0) is 24.3 Å². The largest absolute Gasteiger partial charge is 0.497 e. The Morgan fingerprint density at radius 1 is 1.31 bits per heavy atom. The van der Waals surface area contributed by atoms with Gasteiger partial charge in [-0.1, -0.05) is 0 Å². The lowest BCUT2D eigenvalue weighted by atomic mass is 10.1. The van der Waals surface area contributed by atoms with Crippen LogP contribution in [0, 0.1) is 0 Å². The minimum absolute atomic E-state index is 0.156. The highest BCUT2D eigenvalue weighted by Crippen LogP contribution is 2.19. The molecule has 0 aliphatic carbocycles. The van der Waals surface area contributed by atoms with Crippen molar-refractivity contribution >= 4 is 17.2 Å². The summed E-state index contributed by atoms with van der Waals surface area (Å²) in [5, 5.41) is 0.809.